The van der Waals surface area contributed by atoms with E-state index >= 15 is 0 Å². The van der Waals surface area contributed by atoms with E-state index in [2.05, 4.69) is 21.2 Å². The highest BCUT2D eigenvalue weighted by molar-refractivity contribution is 9.10. The van der Waals surface area contributed by atoms with E-state index in [0.29, 0.717) is 5.58 Å². The van der Waals surface area contributed by atoms with E-state index in [1.54, 1.807) is 12.1 Å². The fraction of sp³-hybridized carbons (Fsp3) is 0.231. The molecule has 0 bridgehead atoms. The number of amides is 1. The first-order valence-corrected chi connectivity index (χ1v) is 6.51. The van der Waals surface area contributed by atoms with Gasteiger partial charge in [-0.05, 0) is 37.1 Å². The largest absolute Gasteiger partial charge is 0.438 e. The topological polar surface area (TPSA) is 66.1 Å². The second-order valence-electron chi connectivity index (χ2n) is 4.42. The fourth-order valence-electron chi connectivity index (χ4n) is 1.77. The molecule has 0 saturated heterocycles. The van der Waals surface area contributed by atoms with Crippen LogP contribution in [0.2, 0.25) is 0 Å². The van der Waals surface area contributed by atoms with Crippen LogP contribution < -0.4 is 10.9 Å². The highest BCUT2D eigenvalue weighted by Gasteiger charge is 2.24. The standard InChI is InChI=1S/C13H11BrN2O2/c14-8-1-4-11-7(5-8)6-10(12(15)18-11)13(17)16-9-2-3-9/h1,4-6,9,15H,2-3H2,(H,16,17). The van der Waals surface area contributed by atoms with Crippen molar-refractivity contribution >= 4 is 32.8 Å². The van der Waals surface area contributed by atoms with Crippen molar-refractivity contribution in [3.05, 3.63) is 39.9 Å². The summed E-state index contributed by atoms with van der Waals surface area (Å²) in [7, 11) is 0. The van der Waals surface area contributed by atoms with Crippen LogP contribution in [0.4, 0.5) is 0 Å². The number of rotatable bonds is 2. The smallest absolute Gasteiger partial charge is 0.257 e. The first kappa shape index (κ1) is 11.5. The molecule has 0 spiro atoms. The molecular formula is C13H11BrN2O2. The molecule has 0 radical (unpaired) electrons. The Morgan fingerprint density at radius 2 is 2.17 bits per heavy atom. The van der Waals surface area contributed by atoms with E-state index in [0.717, 1.165) is 22.7 Å². The lowest BCUT2D eigenvalue weighted by Gasteiger charge is -2.04. The van der Waals surface area contributed by atoms with Crippen molar-refractivity contribution in [2.45, 2.75) is 18.9 Å². The Hall–Kier alpha value is -1.62. The normalized spacial score (nSPS) is 14.7. The number of hydrogen-bond donors (Lipinski definition) is 2. The molecule has 2 aromatic rings. The minimum Gasteiger partial charge on any atom is -0.438 e. The van der Waals surface area contributed by atoms with E-state index in [1.165, 1.54) is 0 Å². The van der Waals surface area contributed by atoms with Gasteiger partial charge in [-0.1, -0.05) is 15.9 Å². The molecule has 1 aromatic carbocycles. The number of hydrogen-bond acceptors (Lipinski definition) is 3. The molecule has 4 nitrogen and oxygen atoms in total. The third-order valence-corrected chi connectivity index (χ3v) is 3.38. The highest BCUT2D eigenvalue weighted by atomic mass is 79.9. The van der Waals surface area contributed by atoms with E-state index in [1.807, 2.05) is 12.1 Å². The molecule has 18 heavy (non-hydrogen) atoms. The monoisotopic (exact) mass is 306 g/mol. The zero-order valence-corrected chi connectivity index (χ0v) is 11.1. The average molecular weight is 307 g/mol. The third kappa shape index (κ3) is 2.18. The summed E-state index contributed by atoms with van der Waals surface area (Å²) < 4.78 is 6.27. The van der Waals surface area contributed by atoms with Crippen LogP contribution in [-0.2, 0) is 0 Å². The maximum atomic E-state index is 11.9. The first-order valence-electron chi connectivity index (χ1n) is 5.72. The molecule has 1 aliphatic rings. The molecule has 0 unspecified atom stereocenters. The van der Waals surface area contributed by atoms with E-state index in [-0.39, 0.29) is 23.1 Å². The molecule has 1 aliphatic carbocycles. The van der Waals surface area contributed by atoms with Crippen LogP contribution in [0.5, 0.6) is 0 Å². The first-order chi connectivity index (χ1) is 8.63. The molecular weight excluding hydrogens is 296 g/mol. The van der Waals surface area contributed by atoms with E-state index in [4.69, 9.17) is 9.83 Å². The average Bonchev–Trinajstić information content (AvgIpc) is 3.12. The van der Waals surface area contributed by atoms with Gasteiger partial charge in [-0.15, -0.1) is 0 Å². The van der Waals surface area contributed by atoms with Gasteiger partial charge in [0.2, 0.25) is 5.55 Å². The number of halogens is 1. The maximum Gasteiger partial charge on any atom is 0.257 e. The van der Waals surface area contributed by atoms with Crippen molar-refractivity contribution < 1.29 is 9.21 Å². The van der Waals surface area contributed by atoms with Gasteiger partial charge in [-0.3, -0.25) is 10.2 Å². The van der Waals surface area contributed by atoms with Crippen LogP contribution in [0.3, 0.4) is 0 Å². The number of carbonyl (C=O) groups excluding carboxylic acids is 1. The summed E-state index contributed by atoms with van der Waals surface area (Å²) in [6.07, 6.45) is 2.05. The van der Waals surface area contributed by atoms with Crippen molar-refractivity contribution in [3.63, 3.8) is 0 Å². The Kier molecular flexibility index (Phi) is 2.70. The van der Waals surface area contributed by atoms with Crippen molar-refractivity contribution in [1.29, 1.82) is 5.41 Å². The third-order valence-electron chi connectivity index (χ3n) is 2.89. The van der Waals surface area contributed by atoms with Gasteiger partial charge >= 0.3 is 0 Å². The van der Waals surface area contributed by atoms with Crippen LogP contribution in [0, 0.1) is 5.41 Å². The Morgan fingerprint density at radius 1 is 1.39 bits per heavy atom. The van der Waals surface area contributed by atoms with Crippen LogP contribution >= 0.6 is 15.9 Å². The molecule has 1 fully saturated rings. The van der Waals surface area contributed by atoms with Crippen LogP contribution in [0.25, 0.3) is 11.0 Å². The summed E-state index contributed by atoms with van der Waals surface area (Å²) in [5, 5.41) is 11.4. The molecule has 1 aromatic heterocycles. The van der Waals surface area contributed by atoms with Gasteiger partial charge in [0, 0.05) is 15.9 Å². The summed E-state index contributed by atoms with van der Waals surface area (Å²) in [6, 6.07) is 7.46. The van der Waals surface area contributed by atoms with Crippen LogP contribution in [0.15, 0.2) is 33.2 Å². The van der Waals surface area contributed by atoms with Crippen LogP contribution in [-0.4, -0.2) is 11.9 Å². The zero-order chi connectivity index (χ0) is 12.7. The van der Waals surface area contributed by atoms with E-state index in [9.17, 15) is 4.79 Å². The molecule has 1 heterocycles. The summed E-state index contributed by atoms with van der Waals surface area (Å²) in [6.45, 7) is 0. The molecule has 5 heteroatoms. The predicted octanol–water partition coefficient (Wildman–Crippen LogP) is 2.57. The Balaban J connectivity index is 2.07. The number of benzene rings is 1. The molecule has 2 N–H and O–H groups in total. The molecule has 1 saturated carbocycles. The van der Waals surface area contributed by atoms with Gasteiger partial charge in [-0.25, -0.2) is 0 Å². The lowest BCUT2D eigenvalue weighted by atomic mass is 10.2. The van der Waals surface area contributed by atoms with E-state index < -0.39 is 0 Å². The Bertz CT molecular complexity index is 689. The van der Waals surface area contributed by atoms with Crippen molar-refractivity contribution in [2.75, 3.05) is 0 Å². The fourth-order valence-corrected chi connectivity index (χ4v) is 2.15. The highest BCUT2D eigenvalue weighted by Crippen LogP contribution is 2.21. The van der Waals surface area contributed by atoms with Gasteiger partial charge in [0.15, 0.2) is 0 Å². The summed E-state index contributed by atoms with van der Waals surface area (Å²) >= 11 is 3.37. The van der Waals surface area contributed by atoms with Gasteiger partial charge in [0.25, 0.3) is 5.91 Å². The van der Waals surface area contributed by atoms with Gasteiger partial charge < -0.3 is 9.73 Å². The molecule has 3 rings (SSSR count). The molecule has 0 aliphatic heterocycles. The molecule has 1 amide bonds. The number of carbonyl (C=O) groups is 1. The summed E-state index contributed by atoms with van der Waals surface area (Å²) in [5.74, 6) is -0.229. The minimum atomic E-state index is -0.229. The van der Waals surface area contributed by atoms with Crippen molar-refractivity contribution in [2.24, 2.45) is 0 Å². The van der Waals surface area contributed by atoms with Crippen molar-refractivity contribution in [1.82, 2.24) is 5.32 Å². The SMILES string of the molecule is N=c1oc2ccc(Br)cc2cc1C(=O)NC1CC1. The Labute approximate surface area is 112 Å². The lowest BCUT2D eigenvalue weighted by molar-refractivity contribution is 0.0947. The quantitative estimate of drug-likeness (QED) is 0.895. The summed E-state index contributed by atoms with van der Waals surface area (Å²) in [5.41, 5.74) is 0.793. The molecule has 0 atom stereocenters. The number of fused-ring (bicyclic) bond motifs is 1. The maximum absolute atomic E-state index is 11.9. The second kappa shape index (κ2) is 4.24. The van der Waals surface area contributed by atoms with Gasteiger partial charge in [-0.2, -0.15) is 0 Å². The lowest BCUT2D eigenvalue weighted by Crippen LogP contribution is -2.29. The minimum absolute atomic E-state index is 0.0945. The Morgan fingerprint density at radius 3 is 2.89 bits per heavy atom. The molecule has 92 valence electrons. The second-order valence-corrected chi connectivity index (χ2v) is 5.33. The number of nitrogens with one attached hydrogen (secondary N) is 2. The van der Waals surface area contributed by atoms with Gasteiger partial charge in [0.1, 0.15) is 11.1 Å². The summed E-state index contributed by atoms with van der Waals surface area (Å²) in [4.78, 5) is 11.9. The van der Waals surface area contributed by atoms with Gasteiger partial charge in [0.05, 0.1) is 0 Å². The predicted molar refractivity (Wildman–Crippen MR) is 70.3 cm³/mol. The van der Waals surface area contributed by atoms with Crippen molar-refractivity contribution in [3.8, 4) is 0 Å². The zero-order valence-electron chi connectivity index (χ0n) is 9.50. The van der Waals surface area contributed by atoms with Crippen LogP contribution in [0.1, 0.15) is 23.2 Å².